The molecule has 0 N–H and O–H groups in total. The van der Waals surface area contributed by atoms with Crippen LogP contribution in [0.3, 0.4) is 0 Å². The molecule has 0 saturated carbocycles. The van der Waals surface area contributed by atoms with Crippen LogP contribution in [-0.2, 0) is 13.1 Å². The number of aromatic nitrogens is 2. The summed E-state index contributed by atoms with van der Waals surface area (Å²) in [6.45, 7) is 5.93. The topological polar surface area (TPSA) is 32.3 Å². The quantitative estimate of drug-likeness (QED) is 0.583. The number of rotatable bonds is 5. The van der Waals surface area contributed by atoms with E-state index >= 15 is 0 Å². The van der Waals surface area contributed by atoms with Gasteiger partial charge in [-0.3, -0.25) is 9.80 Å². The summed E-state index contributed by atoms with van der Waals surface area (Å²) in [5.41, 5.74) is 2.01. The van der Waals surface area contributed by atoms with Crippen LogP contribution in [0.5, 0.6) is 0 Å². The molecule has 3 heterocycles. The van der Waals surface area contributed by atoms with Gasteiger partial charge in [0.2, 0.25) is 0 Å². The first-order chi connectivity index (χ1) is 12.7. The maximum absolute atomic E-state index is 6.32. The van der Waals surface area contributed by atoms with Crippen LogP contribution in [0.2, 0.25) is 9.36 Å². The van der Waals surface area contributed by atoms with Crippen LogP contribution in [0.4, 0.5) is 0 Å². The zero-order valence-electron chi connectivity index (χ0n) is 14.1. The summed E-state index contributed by atoms with van der Waals surface area (Å²) in [6.07, 6.45) is 0. The fraction of sp³-hybridized carbons (Fsp3) is 0.333. The molecule has 0 bridgehead atoms. The molecular formula is C18H18Cl2N4S2. The first-order valence-electron chi connectivity index (χ1n) is 8.44. The molecule has 4 rings (SSSR count). The van der Waals surface area contributed by atoms with Crippen molar-refractivity contribution in [3.05, 3.63) is 56.3 Å². The lowest BCUT2D eigenvalue weighted by molar-refractivity contribution is 0.122. The first kappa shape index (κ1) is 18.3. The molecule has 3 aromatic rings. The SMILES string of the molecule is Clc1ccccc1-c1ccc(CN2CCN(Cc3nnsc3Cl)CC2)s1. The second kappa shape index (κ2) is 8.33. The van der Waals surface area contributed by atoms with E-state index in [9.17, 15) is 0 Å². The Morgan fingerprint density at radius 1 is 0.923 bits per heavy atom. The van der Waals surface area contributed by atoms with Crippen molar-refractivity contribution in [2.75, 3.05) is 26.2 Å². The predicted octanol–water partition coefficient (Wildman–Crippen LogP) is 4.89. The molecule has 0 aliphatic carbocycles. The zero-order valence-corrected chi connectivity index (χ0v) is 17.2. The molecule has 136 valence electrons. The Balaban J connectivity index is 1.32. The van der Waals surface area contributed by atoms with Gasteiger partial charge in [-0.05, 0) is 18.2 Å². The molecule has 8 heteroatoms. The smallest absolute Gasteiger partial charge is 0.138 e. The van der Waals surface area contributed by atoms with Crippen LogP contribution < -0.4 is 0 Å². The molecule has 26 heavy (non-hydrogen) atoms. The fourth-order valence-corrected chi connectivity index (χ4v) is 5.09. The summed E-state index contributed by atoms with van der Waals surface area (Å²) in [5, 5.41) is 4.92. The molecule has 1 saturated heterocycles. The number of hydrogen-bond acceptors (Lipinski definition) is 6. The van der Waals surface area contributed by atoms with Gasteiger partial charge in [-0.15, -0.1) is 16.4 Å². The highest BCUT2D eigenvalue weighted by molar-refractivity contribution is 7.15. The number of thiophene rings is 1. The average Bonchev–Trinajstić information content (AvgIpc) is 3.27. The number of piperazine rings is 1. The Morgan fingerprint density at radius 3 is 2.35 bits per heavy atom. The molecule has 1 fully saturated rings. The minimum atomic E-state index is 0.707. The molecule has 1 aromatic carbocycles. The highest BCUT2D eigenvalue weighted by Gasteiger charge is 2.20. The van der Waals surface area contributed by atoms with Crippen LogP contribution in [-0.4, -0.2) is 45.6 Å². The first-order valence-corrected chi connectivity index (χ1v) is 10.8. The Labute approximate surface area is 171 Å². The minimum absolute atomic E-state index is 0.707. The van der Waals surface area contributed by atoms with Crippen LogP contribution in [0, 0.1) is 0 Å². The Bertz CT molecular complexity index is 871. The van der Waals surface area contributed by atoms with Gasteiger partial charge < -0.3 is 0 Å². The Hall–Kier alpha value is -1.02. The van der Waals surface area contributed by atoms with E-state index < -0.39 is 0 Å². The van der Waals surface area contributed by atoms with Gasteiger partial charge in [-0.25, -0.2) is 0 Å². The third-order valence-corrected chi connectivity index (χ3v) is 6.95. The molecule has 0 unspecified atom stereocenters. The lowest BCUT2D eigenvalue weighted by Gasteiger charge is -2.34. The second-order valence-corrected chi connectivity index (χ2v) is 9.22. The molecule has 0 atom stereocenters. The summed E-state index contributed by atoms with van der Waals surface area (Å²) in [4.78, 5) is 7.50. The Morgan fingerprint density at radius 2 is 1.65 bits per heavy atom. The van der Waals surface area contributed by atoms with Gasteiger partial charge in [0.15, 0.2) is 0 Å². The minimum Gasteiger partial charge on any atom is -0.296 e. The zero-order chi connectivity index (χ0) is 17.9. The van der Waals surface area contributed by atoms with Crippen molar-refractivity contribution >= 4 is 46.1 Å². The lowest BCUT2D eigenvalue weighted by Crippen LogP contribution is -2.45. The predicted molar refractivity (Wildman–Crippen MR) is 110 cm³/mol. The largest absolute Gasteiger partial charge is 0.296 e. The maximum atomic E-state index is 6.32. The summed E-state index contributed by atoms with van der Waals surface area (Å²) in [5.74, 6) is 0. The molecule has 1 aliphatic rings. The van der Waals surface area contributed by atoms with E-state index in [1.165, 1.54) is 21.3 Å². The third kappa shape index (κ3) is 4.27. The fourth-order valence-electron chi connectivity index (χ4n) is 3.10. The maximum Gasteiger partial charge on any atom is 0.138 e. The van der Waals surface area contributed by atoms with E-state index in [4.69, 9.17) is 23.2 Å². The molecular weight excluding hydrogens is 407 g/mol. The Kier molecular flexibility index (Phi) is 5.88. The van der Waals surface area contributed by atoms with Crippen molar-refractivity contribution in [2.24, 2.45) is 0 Å². The van der Waals surface area contributed by atoms with Crippen LogP contribution in [0.15, 0.2) is 36.4 Å². The van der Waals surface area contributed by atoms with E-state index in [0.717, 1.165) is 55.5 Å². The number of nitrogens with zero attached hydrogens (tertiary/aromatic N) is 4. The van der Waals surface area contributed by atoms with E-state index in [2.05, 4.69) is 37.6 Å². The van der Waals surface area contributed by atoms with E-state index in [0.29, 0.717) is 4.34 Å². The van der Waals surface area contributed by atoms with Crippen molar-refractivity contribution in [3.63, 3.8) is 0 Å². The van der Waals surface area contributed by atoms with Gasteiger partial charge in [0.1, 0.15) is 10.0 Å². The number of benzene rings is 1. The monoisotopic (exact) mass is 424 g/mol. The molecule has 0 spiro atoms. The van der Waals surface area contributed by atoms with Gasteiger partial charge in [0.05, 0.1) is 0 Å². The second-order valence-electron chi connectivity index (χ2n) is 6.29. The van der Waals surface area contributed by atoms with Crippen LogP contribution in [0.25, 0.3) is 10.4 Å². The normalized spacial score (nSPS) is 16.2. The van der Waals surface area contributed by atoms with Crippen LogP contribution in [0.1, 0.15) is 10.6 Å². The van der Waals surface area contributed by atoms with Gasteiger partial charge in [-0.1, -0.05) is 45.9 Å². The third-order valence-electron chi connectivity index (χ3n) is 4.53. The van der Waals surface area contributed by atoms with Crippen molar-refractivity contribution < 1.29 is 0 Å². The molecule has 1 aliphatic heterocycles. The van der Waals surface area contributed by atoms with Gasteiger partial charge in [0, 0.05) is 71.1 Å². The van der Waals surface area contributed by atoms with E-state index in [1.807, 2.05) is 29.5 Å². The highest BCUT2D eigenvalue weighted by atomic mass is 35.5. The van der Waals surface area contributed by atoms with Crippen molar-refractivity contribution in [1.82, 2.24) is 19.4 Å². The van der Waals surface area contributed by atoms with Crippen molar-refractivity contribution in [2.45, 2.75) is 13.1 Å². The molecule has 2 aromatic heterocycles. The summed E-state index contributed by atoms with van der Waals surface area (Å²) in [7, 11) is 0. The average molecular weight is 425 g/mol. The summed E-state index contributed by atoms with van der Waals surface area (Å²) < 4.78 is 4.61. The number of hydrogen-bond donors (Lipinski definition) is 0. The van der Waals surface area contributed by atoms with Crippen LogP contribution >= 0.6 is 46.1 Å². The van der Waals surface area contributed by atoms with Gasteiger partial charge in [-0.2, -0.15) is 0 Å². The van der Waals surface area contributed by atoms with Crippen molar-refractivity contribution in [1.29, 1.82) is 0 Å². The van der Waals surface area contributed by atoms with E-state index in [-0.39, 0.29) is 0 Å². The number of halogens is 2. The van der Waals surface area contributed by atoms with E-state index in [1.54, 1.807) is 0 Å². The van der Waals surface area contributed by atoms with Crippen molar-refractivity contribution in [3.8, 4) is 10.4 Å². The molecule has 0 radical (unpaired) electrons. The molecule has 0 amide bonds. The van der Waals surface area contributed by atoms with Gasteiger partial charge in [0.25, 0.3) is 0 Å². The molecule has 4 nitrogen and oxygen atoms in total. The highest BCUT2D eigenvalue weighted by Crippen LogP contribution is 2.33. The van der Waals surface area contributed by atoms with Gasteiger partial charge >= 0.3 is 0 Å². The summed E-state index contributed by atoms with van der Waals surface area (Å²) >= 11 is 15.5. The standard InChI is InChI=1S/C18H18Cl2N4S2/c19-15-4-2-1-3-14(15)17-6-5-13(25-17)11-23-7-9-24(10-8-23)12-16-18(20)26-22-21-16/h1-6H,7-12H2. The summed E-state index contributed by atoms with van der Waals surface area (Å²) in [6, 6.07) is 12.4. The lowest BCUT2D eigenvalue weighted by atomic mass is 10.2.